The number of nitrogens with one attached hydrogen (secondary N) is 1. The first kappa shape index (κ1) is 14.3. The summed E-state index contributed by atoms with van der Waals surface area (Å²) in [4.78, 5) is 14.2. The number of amides is 1. The van der Waals surface area contributed by atoms with Crippen LogP contribution in [0.2, 0.25) is 0 Å². The van der Waals surface area contributed by atoms with Crippen LogP contribution in [-0.2, 0) is 4.79 Å². The van der Waals surface area contributed by atoms with Gasteiger partial charge >= 0.3 is 0 Å². The zero-order valence-corrected chi connectivity index (χ0v) is 12.8. The van der Waals surface area contributed by atoms with Crippen molar-refractivity contribution in [2.75, 3.05) is 19.6 Å². The van der Waals surface area contributed by atoms with Crippen LogP contribution in [0.1, 0.15) is 13.8 Å². The van der Waals surface area contributed by atoms with Gasteiger partial charge in [0.2, 0.25) is 0 Å². The van der Waals surface area contributed by atoms with E-state index in [1.54, 1.807) is 6.92 Å². The van der Waals surface area contributed by atoms with Crippen molar-refractivity contribution >= 4 is 21.8 Å². The molecule has 2 atom stereocenters. The molecule has 1 amide bonds. The quantitative estimate of drug-likeness (QED) is 0.924. The molecule has 1 aliphatic rings. The van der Waals surface area contributed by atoms with E-state index in [4.69, 9.17) is 4.74 Å². The highest BCUT2D eigenvalue weighted by molar-refractivity contribution is 9.10. The smallest absolute Gasteiger partial charge is 0.263 e. The number of nitrogens with zero attached hydrogens (tertiary/aromatic N) is 1. The average Bonchev–Trinajstić information content (AvgIpc) is 2.40. The molecule has 1 aromatic rings. The van der Waals surface area contributed by atoms with E-state index in [0.717, 1.165) is 24.1 Å². The fraction of sp³-hybridized carbons (Fsp3) is 0.500. The molecule has 0 aliphatic carbocycles. The van der Waals surface area contributed by atoms with Crippen molar-refractivity contribution in [1.82, 2.24) is 10.2 Å². The maximum Gasteiger partial charge on any atom is 0.263 e. The lowest BCUT2D eigenvalue weighted by Gasteiger charge is -2.33. The first-order valence-corrected chi connectivity index (χ1v) is 7.30. The van der Waals surface area contributed by atoms with Crippen LogP contribution in [-0.4, -0.2) is 42.6 Å². The Balaban J connectivity index is 1.97. The van der Waals surface area contributed by atoms with E-state index < -0.39 is 6.10 Å². The van der Waals surface area contributed by atoms with E-state index in [1.807, 2.05) is 29.2 Å². The SMILES string of the molecule is C[C@H](Oc1ccccc1Br)C(=O)N1CCN[C@@H](C)C1. The first-order chi connectivity index (χ1) is 9.08. The van der Waals surface area contributed by atoms with Gasteiger partial charge in [0, 0.05) is 25.7 Å². The summed E-state index contributed by atoms with van der Waals surface area (Å²) in [6.45, 7) is 6.21. The summed E-state index contributed by atoms with van der Waals surface area (Å²) in [5.74, 6) is 0.746. The Kier molecular flexibility index (Phi) is 4.82. The number of hydrogen-bond acceptors (Lipinski definition) is 3. The third-order valence-electron chi connectivity index (χ3n) is 3.17. The Hall–Kier alpha value is -1.07. The van der Waals surface area contributed by atoms with Gasteiger partial charge in [-0.3, -0.25) is 4.79 Å². The molecule has 4 nitrogen and oxygen atoms in total. The van der Waals surface area contributed by atoms with Crippen LogP contribution >= 0.6 is 15.9 Å². The Morgan fingerprint density at radius 2 is 2.26 bits per heavy atom. The summed E-state index contributed by atoms with van der Waals surface area (Å²) < 4.78 is 6.60. The summed E-state index contributed by atoms with van der Waals surface area (Å²) in [6, 6.07) is 7.91. The molecule has 0 aromatic heterocycles. The van der Waals surface area contributed by atoms with Gasteiger partial charge in [0.1, 0.15) is 5.75 Å². The number of para-hydroxylation sites is 1. The Labute approximate surface area is 122 Å². The zero-order valence-electron chi connectivity index (χ0n) is 11.2. The normalized spacial score (nSPS) is 21.0. The van der Waals surface area contributed by atoms with Crippen LogP contribution in [0.3, 0.4) is 0 Å². The number of halogens is 1. The maximum atomic E-state index is 12.3. The predicted molar refractivity (Wildman–Crippen MR) is 78.3 cm³/mol. The largest absolute Gasteiger partial charge is 0.480 e. The fourth-order valence-corrected chi connectivity index (χ4v) is 2.55. The van der Waals surface area contributed by atoms with E-state index in [9.17, 15) is 4.79 Å². The number of benzene rings is 1. The second kappa shape index (κ2) is 6.39. The van der Waals surface area contributed by atoms with Gasteiger partial charge in [0.25, 0.3) is 5.91 Å². The van der Waals surface area contributed by atoms with Crippen molar-refractivity contribution in [3.8, 4) is 5.75 Å². The van der Waals surface area contributed by atoms with Crippen LogP contribution in [0.15, 0.2) is 28.7 Å². The van der Waals surface area contributed by atoms with Gasteiger partial charge in [-0.05, 0) is 41.9 Å². The Bertz CT molecular complexity index is 453. The number of piperazine rings is 1. The van der Waals surface area contributed by atoms with Crippen LogP contribution in [0.5, 0.6) is 5.75 Å². The molecule has 1 N–H and O–H groups in total. The molecule has 0 bridgehead atoms. The topological polar surface area (TPSA) is 41.6 Å². The summed E-state index contributed by atoms with van der Waals surface area (Å²) in [6.07, 6.45) is -0.469. The zero-order chi connectivity index (χ0) is 13.8. The number of ether oxygens (including phenoxy) is 1. The lowest BCUT2D eigenvalue weighted by Crippen LogP contribution is -2.54. The molecule has 2 rings (SSSR count). The van der Waals surface area contributed by atoms with Crippen molar-refractivity contribution in [1.29, 1.82) is 0 Å². The molecule has 1 saturated heterocycles. The third kappa shape index (κ3) is 3.70. The molecule has 19 heavy (non-hydrogen) atoms. The average molecular weight is 327 g/mol. The predicted octanol–water partition coefficient (Wildman–Crippen LogP) is 2.04. The molecule has 1 heterocycles. The molecule has 0 radical (unpaired) electrons. The second-order valence-corrected chi connectivity index (χ2v) is 5.68. The molecule has 1 aromatic carbocycles. The Morgan fingerprint density at radius 3 is 2.95 bits per heavy atom. The minimum absolute atomic E-state index is 0.0455. The van der Waals surface area contributed by atoms with Crippen molar-refractivity contribution in [2.45, 2.75) is 26.0 Å². The van der Waals surface area contributed by atoms with Gasteiger partial charge in [-0.1, -0.05) is 12.1 Å². The van der Waals surface area contributed by atoms with Crippen molar-refractivity contribution in [3.05, 3.63) is 28.7 Å². The summed E-state index contributed by atoms with van der Waals surface area (Å²) >= 11 is 3.42. The molecule has 0 spiro atoms. The van der Waals surface area contributed by atoms with Gasteiger partial charge in [0.15, 0.2) is 6.10 Å². The molecule has 1 fully saturated rings. The summed E-state index contributed by atoms with van der Waals surface area (Å²) in [5.41, 5.74) is 0. The van der Waals surface area contributed by atoms with Gasteiger partial charge in [0.05, 0.1) is 4.47 Å². The second-order valence-electron chi connectivity index (χ2n) is 4.83. The van der Waals surface area contributed by atoms with Gasteiger partial charge in [-0.2, -0.15) is 0 Å². The minimum Gasteiger partial charge on any atom is -0.480 e. The highest BCUT2D eigenvalue weighted by Gasteiger charge is 2.26. The van der Waals surface area contributed by atoms with Crippen LogP contribution in [0.4, 0.5) is 0 Å². The van der Waals surface area contributed by atoms with Crippen molar-refractivity contribution in [2.24, 2.45) is 0 Å². The lowest BCUT2D eigenvalue weighted by atomic mass is 10.2. The summed E-state index contributed by atoms with van der Waals surface area (Å²) in [7, 11) is 0. The van der Waals surface area contributed by atoms with Crippen LogP contribution < -0.4 is 10.1 Å². The van der Waals surface area contributed by atoms with Gasteiger partial charge in [-0.15, -0.1) is 0 Å². The molecule has 104 valence electrons. The van der Waals surface area contributed by atoms with E-state index in [1.165, 1.54) is 0 Å². The molecule has 5 heteroatoms. The monoisotopic (exact) mass is 326 g/mol. The van der Waals surface area contributed by atoms with Gasteiger partial charge < -0.3 is 15.0 Å². The number of carbonyl (C=O) groups is 1. The fourth-order valence-electron chi connectivity index (χ4n) is 2.17. The molecule has 0 unspecified atom stereocenters. The number of hydrogen-bond donors (Lipinski definition) is 1. The highest BCUT2D eigenvalue weighted by atomic mass is 79.9. The third-order valence-corrected chi connectivity index (χ3v) is 3.82. The minimum atomic E-state index is -0.469. The molecule has 0 saturated carbocycles. The van der Waals surface area contributed by atoms with E-state index in [0.29, 0.717) is 11.8 Å². The molecule has 1 aliphatic heterocycles. The number of rotatable bonds is 3. The molecular weight excluding hydrogens is 308 g/mol. The highest BCUT2D eigenvalue weighted by Crippen LogP contribution is 2.25. The summed E-state index contributed by atoms with van der Waals surface area (Å²) in [5, 5.41) is 3.32. The van der Waals surface area contributed by atoms with Crippen LogP contribution in [0, 0.1) is 0 Å². The first-order valence-electron chi connectivity index (χ1n) is 6.51. The lowest BCUT2D eigenvalue weighted by molar-refractivity contribution is -0.139. The standard InChI is InChI=1S/C14H19BrN2O2/c1-10-9-17(8-7-16-10)14(18)11(2)19-13-6-4-3-5-12(13)15/h3-6,10-11,16H,7-9H2,1-2H3/t10-,11-/m0/s1. The van der Waals surface area contributed by atoms with E-state index >= 15 is 0 Å². The van der Waals surface area contributed by atoms with E-state index in [-0.39, 0.29) is 5.91 Å². The molecular formula is C14H19BrN2O2. The van der Waals surface area contributed by atoms with Crippen LogP contribution in [0.25, 0.3) is 0 Å². The van der Waals surface area contributed by atoms with Gasteiger partial charge in [-0.25, -0.2) is 0 Å². The number of carbonyl (C=O) groups excluding carboxylic acids is 1. The Morgan fingerprint density at radius 1 is 1.53 bits per heavy atom. The van der Waals surface area contributed by atoms with Crippen molar-refractivity contribution < 1.29 is 9.53 Å². The van der Waals surface area contributed by atoms with E-state index in [2.05, 4.69) is 28.2 Å². The van der Waals surface area contributed by atoms with Crippen molar-refractivity contribution in [3.63, 3.8) is 0 Å². The maximum absolute atomic E-state index is 12.3.